The molecule has 26 heavy (non-hydrogen) atoms. The minimum absolute atomic E-state index is 0.223. The predicted molar refractivity (Wildman–Crippen MR) is 108 cm³/mol. The number of halogens is 1. The number of carbonyl (C=O) groups is 1. The van der Waals surface area contributed by atoms with Gasteiger partial charge in [0.25, 0.3) is 0 Å². The molecule has 4 rings (SSSR count). The van der Waals surface area contributed by atoms with E-state index in [0.29, 0.717) is 6.54 Å². The Morgan fingerprint density at radius 2 is 2.00 bits per heavy atom. The highest BCUT2D eigenvalue weighted by Gasteiger charge is 2.37. The Hall–Kier alpha value is -1.84. The molecule has 2 aromatic carbocycles. The first kappa shape index (κ1) is 17.6. The summed E-state index contributed by atoms with van der Waals surface area (Å²) in [6.07, 6.45) is 1.82. The maximum absolute atomic E-state index is 12.5. The summed E-state index contributed by atoms with van der Waals surface area (Å²) in [5, 5.41) is 0.223. The lowest BCUT2D eigenvalue weighted by Gasteiger charge is -2.20. The number of hydrogen-bond acceptors (Lipinski definition) is 3. The molecule has 1 atom stereocenters. The van der Waals surface area contributed by atoms with Gasteiger partial charge in [0.15, 0.2) is 5.78 Å². The number of nitrogens with zero attached hydrogens (tertiary/aromatic N) is 1. The third-order valence-electron chi connectivity index (χ3n) is 5.72. The first-order valence-electron chi connectivity index (χ1n) is 9.29. The Labute approximate surface area is 160 Å². The zero-order chi connectivity index (χ0) is 18.5. The van der Waals surface area contributed by atoms with Crippen molar-refractivity contribution < 1.29 is 4.79 Å². The van der Waals surface area contributed by atoms with Crippen molar-refractivity contribution in [3.05, 3.63) is 53.1 Å². The van der Waals surface area contributed by atoms with Gasteiger partial charge in [0.2, 0.25) is 0 Å². The van der Waals surface area contributed by atoms with Crippen LogP contribution in [-0.4, -0.2) is 24.2 Å². The number of anilines is 1. The van der Waals surface area contributed by atoms with E-state index in [1.807, 2.05) is 19.9 Å². The number of rotatable bonds is 3. The van der Waals surface area contributed by atoms with Crippen LogP contribution in [0.1, 0.15) is 41.8 Å². The van der Waals surface area contributed by atoms with E-state index in [4.69, 9.17) is 17.3 Å². The number of fused-ring (bicyclic) bond motifs is 1. The molecule has 0 amide bonds. The topological polar surface area (TPSA) is 46.3 Å². The van der Waals surface area contributed by atoms with Crippen LogP contribution < -0.4 is 10.6 Å². The van der Waals surface area contributed by atoms with Crippen LogP contribution in [0.3, 0.4) is 0 Å². The van der Waals surface area contributed by atoms with Crippen molar-refractivity contribution in [1.82, 2.24) is 0 Å². The first-order chi connectivity index (χ1) is 12.4. The van der Waals surface area contributed by atoms with Crippen molar-refractivity contribution >= 4 is 23.1 Å². The number of Topliss-reactive ketones (excluding diaryl/α,β-unsaturated/α-hetero) is 1. The van der Waals surface area contributed by atoms with Gasteiger partial charge in [-0.3, -0.25) is 4.79 Å². The van der Waals surface area contributed by atoms with Crippen molar-refractivity contribution in [1.29, 1.82) is 0 Å². The van der Waals surface area contributed by atoms with E-state index in [1.165, 1.54) is 5.69 Å². The summed E-state index contributed by atoms with van der Waals surface area (Å²) in [4.78, 5) is 14.8. The Balaban J connectivity index is 1.75. The molecule has 2 aromatic rings. The molecular formula is C22H25ClN2O. The van der Waals surface area contributed by atoms with Crippen molar-refractivity contribution in [2.75, 3.05) is 18.0 Å². The number of alkyl halides is 1. The largest absolute Gasteiger partial charge is 0.370 e. The number of nitrogens with two attached hydrogens (primary N) is 1. The van der Waals surface area contributed by atoms with E-state index in [2.05, 4.69) is 35.2 Å². The van der Waals surface area contributed by atoms with Gasteiger partial charge in [-0.1, -0.05) is 38.1 Å². The average Bonchev–Trinajstić information content (AvgIpc) is 3.15. The zero-order valence-corrected chi connectivity index (χ0v) is 16.1. The molecule has 1 fully saturated rings. The molecule has 2 aliphatic rings. The highest BCUT2D eigenvalue weighted by molar-refractivity contribution is 6.21. The molecule has 1 aliphatic carbocycles. The number of carbonyl (C=O) groups excluding carboxylic acids is 1. The fourth-order valence-electron chi connectivity index (χ4n) is 4.21. The number of ketones is 1. The van der Waals surface area contributed by atoms with Crippen molar-refractivity contribution in [2.45, 2.75) is 38.6 Å². The lowest BCUT2D eigenvalue weighted by Crippen LogP contribution is -2.19. The van der Waals surface area contributed by atoms with Crippen LogP contribution in [0.25, 0.3) is 11.1 Å². The standard InChI is InChI=1S/C22H25ClN2O/c1-22(2)11-16-9-14(4-6-19(16)21(22)26)20-10-18(5-3-15(20)12-24)25-8-7-17(23)13-25/h3-6,9-10,17H,7-8,11-13,24H2,1-2H3. The van der Waals surface area contributed by atoms with Crippen LogP contribution >= 0.6 is 11.6 Å². The SMILES string of the molecule is CC1(C)Cc2cc(-c3cc(N4CCC(Cl)C4)ccc3CN)ccc2C1=O. The highest BCUT2D eigenvalue weighted by atomic mass is 35.5. The van der Waals surface area contributed by atoms with E-state index in [9.17, 15) is 4.79 Å². The number of benzene rings is 2. The molecule has 0 bridgehead atoms. The van der Waals surface area contributed by atoms with Gasteiger partial charge >= 0.3 is 0 Å². The van der Waals surface area contributed by atoms with E-state index >= 15 is 0 Å². The lowest BCUT2D eigenvalue weighted by atomic mass is 9.89. The quantitative estimate of drug-likeness (QED) is 0.817. The second-order valence-corrected chi connectivity index (χ2v) is 8.76. The van der Waals surface area contributed by atoms with Gasteiger partial charge in [-0.25, -0.2) is 0 Å². The molecule has 0 aromatic heterocycles. The molecule has 0 radical (unpaired) electrons. The lowest BCUT2D eigenvalue weighted by molar-refractivity contribution is 0.0863. The number of hydrogen-bond donors (Lipinski definition) is 1. The summed E-state index contributed by atoms with van der Waals surface area (Å²) in [5.74, 6) is 0.247. The Morgan fingerprint density at radius 1 is 1.19 bits per heavy atom. The minimum Gasteiger partial charge on any atom is -0.370 e. The van der Waals surface area contributed by atoms with Gasteiger partial charge < -0.3 is 10.6 Å². The van der Waals surface area contributed by atoms with Crippen LogP contribution in [0, 0.1) is 5.41 Å². The molecule has 2 N–H and O–H groups in total. The molecule has 1 unspecified atom stereocenters. The fourth-order valence-corrected chi connectivity index (χ4v) is 4.47. The minimum atomic E-state index is -0.301. The Kier molecular flexibility index (Phi) is 4.32. The summed E-state index contributed by atoms with van der Waals surface area (Å²) in [6.45, 7) is 6.42. The van der Waals surface area contributed by atoms with Gasteiger partial charge in [-0.2, -0.15) is 0 Å². The van der Waals surface area contributed by atoms with E-state index in [1.54, 1.807) is 0 Å². The van der Waals surface area contributed by atoms with Crippen LogP contribution in [0.15, 0.2) is 36.4 Å². The Morgan fingerprint density at radius 3 is 2.69 bits per heavy atom. The molecule has 4 heteroatoms. The van der Waals surface area contributed by atoms with Gasteiger partial charge in [-0.05, 0) is 47.2 Å². The smallest absolute Gasteiger partial charge is 0.169 e. The molecule has 1 aliphatic heterocycles. The summed E-state index contributed by atoms with van der Waals surface area (Å²) >= 11 is 6.28. The van der Waals surface area contributed by atoms with Crippen LogP contribution in [-0.2, 0) is 13.0 Å². The predicted octanol–water partition coefficient (Wildman–Crippen LogP) is 4.39. The third-order valence-corrected chi connectivity index (χ3v) is 6.07. The molecule has 136 valence electrons. The van der Waals surface area contributed by atoms with Crippen LogP contribution in [0.4, 0.5) is 5.69 Å². The zero-order valence-electron chi connectivity index (χ0n) is 15.4. The van der Waals surface area contributed by atoms with Gasteiger partial charge in [0.1, 0.15) is 0 Å². The molecule has 3 nitrogen and oxygen atoms in total. The molecule has 0 saturated carbocycles. The molecule has 1 saturated heterocycles. The van der Waals surface area contributed by atoms with Crippen LogP contribution in [0.5, 0.6) is 0 Å². The van der Waals surface area contributed by atoms with Crippen molar-refractivity contribution in [3.63, 3.8) is 0 Å². The summed E-state index contributed by atoms with van der Waals surface area (Å²) < 4.78 is 0. The summed E-state index contributed by atoms with van der Waals surface area (Å²) in [5.41, 5.74) is 12.3. The van der Waals surface area contributed by atoms with E-state index < -0.39 is 0 Å². The van der Waals surface area contributed by atoms with Crippen LogP contribution in [0.2, 0.25) is 0 Å². The van der Waals surface area contributed by atoms with Gasteiger partial charge in [0.05, 0.1) is 5.38 Å². The normalized spacial score (nSPS) is 21.3. The molecular weight excluding hydrogens is 344 g/mol. The molecule has 0 spiro atoms. The monoisotopic (exact) mass is 368 g/mol. The van der Waals surface area contributed by atoms with E-state index in [0.717, 1.165) is 53.7 Å². The Bertz CT molecular complexity index is 874. The van der Waals surface area contributed by atoms with Crippen molar-refractivity contribution in [3.8, 4) is 11.1 Å². The maximum Gasteiger partial charge on any atom is 0.169 e. The van der Waals surface area contributed by atoms with Crippen molar-refractivity contribution in [2.24, 2.45) is 11.1 Å². The van der Waals surface area contributed by atoms with E-state index in [-0.39, 0.29) is 16.6 Å². The maximum atomic E-state index is 12.5. The fraction of sp³-hybridized carbons (Fsp3) is 0.409. The highest BCUT2D eigenvalue weighted by Crippen LogP contribution is 2.39. The molecule has 1 heterocycles. The summed E-state index contributed by atoms with van der Waals surface area (Å²) in [6, 6.07) is 12.7. The average molecular weight is 369 g/mol. The first-order valence-corrected chi connectivity index (χ1v) is 9.73. The summed E-state index contributed by atoms with van der Waals surface area (Å²) in [7, 11) is 0. The van der Waals surface area contributed by atoms with Gasteiger partial charge in [0, 0.05) is 36.3 Å². The second kappa shape index (κ2) is 6.40. The van der Waals surface area contributed by atoms with Gasteiger partial charge in [-0.15, -0.1) is 11.6 Å². The second-order valence-electron chi connectivity index (χ2n) is 8.14. The third kappa shape index (κ3) is 2.93.